The van der Waals surface area contributed by atoms with E-state index in [2.05, 4.69) is 20.8 Å². The zero-order valence-corrected chi connectivity index (χ0v) is 11.9. The molecule has 3 fully saturated rings. The molecule has 0 aromatic carbocycles. The fourth-order valence-corrected chi connectivity index (χ4v) is 3.79. The number of rotatable bonds is 0. The first-order chi connectivity index (χ1) is 8.29. The van der Waals surface area contributed by atoms with E-state index in [1.807, 2.05) is 6.92 Å². The number of esters is 1. The first kappa shape index (κ1) is 12.5. The third kappa shape index (κ3) is 1.43. The highest BCUT2D eigenvalue weighted by Gasteiger charge is 2.67. The van der Waals surface area contributed by atoms with Crippen LogP contribution in [-0.4, -0.2) is 17.4 Å². The van der Waals surface area contributed by atoms with E-state index in [-0.39, 0.29) is 22.9 Å². The van der Waals surface area contributed by atoms with Gasteiger partial charge in [-0.25, -0.2) is 0 Å². The summed E-state index contributed by atoms with van der Waals surface area (Å²) in [6.45, 7) is 8.16. The highest BCUT2D eigenvalue weighted by Crippen LogP contribution is 2.61. The van der Waals surface area contributed by atoms with Gasteiger partial charge in [0.2, 0.25) is 5.79 Å². The fraction of sp³-hybridized carbons (Fsp3) is 0.933. The third-order valence-corrected chi connectivity index (χ3v) is 5.50. The van der Waals surface area contributed by atoms with Crippen LogP contribution in [-0.2, 0) is 14.3 Å². The van der Waals surface area contributed by atoms with E-state index in [4.69, 9.17) is 9.47 Å². The number of carbonyl (C=O) groups is 1. The summed E-state index contributed by atoms with van der Waals surface area (Å²) in [6, 6.07) is 0. The number of hydrogen-bond donors (Lipinski definition) is 0. The van der Waals surface area contributed by atoms with Crippen molar-refractivity contribution >= 4 is 5.97 Å². The Balaban J connectivity index is 1.94. The second kappa shape index (κ2) is 3.50. The standard InChI is InChI=1S/C15H24O3/c1-13(2,3)14(4)17-12(16)11-9-10-7-5-6-8-15(10,11)18-14/h10-11H,5-9H2,1-4H3/t10-,11-,14-,15-/m0/s1. The lowest BCUT2D eigenvalue weighted by Crippen LogP contribution is -2.71. The second-order valence-corrected chi connectivity index (χ2v) is 7.40. The predicted molar refractivity (Wildman–Crippen MR) is 67.8 cm³/mol. The van der Waals surface area contributed by atoms with E-state index < -0.39 is 5.79 Å². The first-order valence-electron chi connectivity index (χ1n) is 7.21. The summed E-state index contributed by atoms with van der Waals surface area (Å²) in [7, 11) is 0. The number of cyclic esters (lactones) is 1. The van der Waals surface area contributed by atoms with E-state index in [1.54, 1.807) is 0 Å². The normalized spacial score (nSPS) is 47.7. The van der Waals surface area contributed by atoms with Crippen LogP contribution in [0.3, 0.4) is 0 Å². The summed E-state index contributed by atoms with van der Waals surface area (Å²) in [4.78, 5) is 12.3. The monoisotopic (exact) mass is 252 g/mol. The van der Waals surface area contributed by atoms with Crippen molar-refractivity contribution in [3.05, 3.63) is 0 Å². The summed E-state index contributed by atoms with van der Waals surface area (Å²) in [6.07, 6.45) is 5.68. The predicted octanol–water partition coefficient (Wildman–Crippen LogP) is 3.27. The highest BCUT2D eigenvalue weighted by molar-refractivity contribution is 5.77. The van der Waals surface area contributed by atoms with Crippen molar-refractivity contribution < 1.29 is 14.3 Å². The van der Waals surface area contributed by atoms with Crippen LogP contribution < -0.4 is 0 Å². The maximum atomic E-state index is 12.3. The molecule has 4 atom stereocenters. The molecule has 1 aliphatic heterocycles. The smallest absolute Gasteiger partial charge is 0.314 e. The molecule has 3 aliphatic rings. The zero-order valence-electron chi connectivity index (χ0n) is 11.9. The lowest BCUT2D eigenvalue weighted by Gasteiger charge is -2.64. The maximum absolute atomic E-state index is 12.3. The average molecular weight is 252 g/mol. The fourth-order valence-electron chi connectivity index (χ4n) is 3.79. The molecule has 3 heteroatoms. The van der Waals surface area contributed by atoms with Crippen LogP contribution in [0, 0.1) is 17.3 Å². The van der Waals surface area contributed by atoms with Crippen molar-refractivity contribution in [3.63, 3.8) is 0 Å². The molecule has 2 saturated carbocycles. The molecule has 0 amide bonds. The number of carbonyl (C=O) groups excluding carboxylic acids is 1. The summed E-state index contributed by atoms with van der Waals surface area (Å²) in [5.74, 6) is -0.239. The molecule has 3 rings (SSSR count). The Labute approximate surface area is 109 Å². The van der Waals surface area contributed by atoms with Gasteiger partial charge in [-0.1, -0.05) is 33.6 Å². The lowest BCUT2D eigenvalue weighted by atomic mass is 9.54. The van der Waals surface area contributed by atoms with E-state index >= 15 is 0 Å². The first-order valence-corrected chi connectivity index (χ1v) is 7.21. The average Bonchev–Trinajstić information content (AvgIpc) is 2.19. The van der Waals surface area contributed by atoms with Gasteiger partial charge in [0.1, 0.15) is 0 Å². The summed E-state index contributed by atoms with van der Waals surface area (Å²) in [5.41, 5.74) is -0.393. The van der Waals surface area contributed by atoms with Gasteiger partial charge in [0.05, 0.1) is 11.5 Å². The molecule has 0 aromatic heterocycles. The van der Waals surface area contributed by atoms with Gasteiger partial charge in [-0.05, 0) is 25.2 Å². The van der Waals surface area contributed by atoms with Crippen LogP contribution in [0.25, 0.3) is 0 Å². The largest absolute Gasteiger partial charge is 0.432 e. The van der Waals surface area contributed by atoms with Gasteiger partial charge in [0.15, 0.2) is 0 Å². The second-order valence-electron chi connectivity index (χ2n) is 7.40. The molecule has 2 aliphatic carbocycles. The molecule has 18 heavy (non-hydrogen) atoms. The molecule has 0 radical (unpaired) electrons. The number of hydrogen-bond acceptors (Lipinski definition) is 3. The minimum Gasteiger partial charge on any atom is -0.432 e. The van der Waals surface area contributed by atoms with Crippen molar-refractivity contribution in [3.8, 4) is 0 Å². The van der Waals surface area contributed by atoms with Crippen LogP contribution in [0.2, 0.25) is 0 Å². The molecule has 1 spiro atoms. The van der Waals surface area contributed by atoms with Gasteiger partial charge < -0.3 is 9.47 Å². The molecule has 3 nitrogen and oxygen atoms in total. The Morgan fingerprint density at radius 3 is 2.61 bits per heavy atom. The van der Waals surface area contributed by atoms with Crippen molar-refractivity contribution in [1.82, 2.24) is 0 Å². The maximum Gasteiger partial charge on any atom is 0.314 e. The van der Waals surface area contributed by atoms with Crippen LogP contribution >= 0.6 is 0 Å². The van der Waals surface area contributed by atoms with Crippen LogP contribution in [0.15, 0.2) is 0 Å². The molecule has 1 heterocycles. The third-order valence-electron chi connectivity index (χ3n) is 5.50. The Bertz CT molecular complexity index is 384. The molecule has 0 unspecified atom stereocenters. The zero-order chi connectivity index (χ0) is 13.2. The SMILES string of the molecule is CC(C)(C)[C@@]1(C)OC(=O)[C@@H]2C[C@@H]3CCCC[C@]32O1. The minimum absolute atomic E-state index is 0.00164. The van der Waals surface area contributed by atoms with Gasteiger partial charge in [-0.15, -0.1) is 0 Å². The van der Waals surface area contributed by atoms with Gasteiger partial charge >= 0.3 is 5.97 Å². The molecule has 0 N–H and O–H groups in total. The summed E-state index contributed by atoms with van der Waals surface area (Å²) < 4.78 is 12.1. The molecule has 0 aromatic rings. The van der Waals surface area contributed by atoms with Gasteiger partial charge in [-0.2, -0.15) is 0 Å². The van der Waals surface area contributed by atoms with Gasteiger partial charge in [0.25, 0.3) is 0 Å². The molecule has 102 valence electrons. The molecule has 1 saturated heterocycles. The van der Waals surface area contributed by atoms with E-state index in [0.717, 1.165) is 12.8 Å². The highest BCUT2D eigenvalue weighted by atomic mass is 16.7. The molecular weight excluding hydrogens is 228 g/mol. The topological polar surface area (TPSA) is 35.5 Å². The summed E-state index contributed by atoms with van der Waals surface area (Å²) in [5, 5.41) is 0. The van der Waals surface area contributed by atoms with Crippen molar-refractivity contribution in [2.75, 3.05) is 0 Å². The lowest BCUT2D eigenvalue weighted by molar-refractivity contribution is -0.386. The van der Waals surface area contributed by atoms with Crippen molar-refractivity contribution in [2.24, 2.45) is 17.3 Å². The Morgan fingerprint density at radius 1 is 1.28 bits per heavy atom. The van der Waals surface area contributed by atoms with Crippen LogP contribution in [0.1, 0.15) is 59.8 Å². The van der Waals surface area contributed by atoms with E-state index in [9.17, 15) is 4.79 Å². The number of ether oxygens (including phenoxy) is 2. The Morgan fingerprint density at radius 2 is 2.00 bits per heavy atom. The van der Waals surface area contributed by atoms with E-state index in [1.165, 1.54) is 19.3 Å². The van der Waals surface area contributed by atoms with Crippen LogP contribution in [0.5, 0.6) is 0 Å². The summed E-state index contributed by atoms with van der Waals surface area (Å²) >= 11 is 0. The quantitative estimate of drug-likeness (QED) is 0.621. The van der Waals surface area contributed by atoms with Crippen molar-refractivity contribution in [2.45, 2.75) is 71.2 Å². The minimum atomic E-state index is -0.781. The Kier molecular flexibility index (Phi) is 2.42. The Hall–Kier alpha value is -0.570. The molecule has 0 bridgehead atoms. The van der Waals surface area contributed by atoms with Crippen molar-refractivity contribution in [1.29, 1.82) is 0 Å². The van der Waals surface area contributed by atoms with E-state index in [0.29, 0.717) is 5.92 Å². The van der Waals surface area contributed by atoms with Crippen LogP contribution in [0.4, 0.5) is 0 Å². The molecular formula is C15H24O3. The van der Waals surface area contributed by atoms with Gasteiger partial charge in [-0.3, -0.25) is 4.79 Å². The van der Waals surface area contributed by atoms with Gasteiger partial charge in [0, 0.05) is 12.3 Å².